The van der Waals surface area contributed by atoms with E-state index in [1.54, 1.807) is 6.07 Å². The zero-order valence-corrected chi connectivity index (χ0v) is 9.32. The van der Waals surface area contributed by atoms with Crippen molar-refractivity contribution in [2.75, 3.05) is 26.3 Å². The third-order valence-corrected chi connectivity index (χ3v) is 3.03. The lowest BCUT2D eigenvalue weighted by molar-refractivity contribution is 0.0192. The molecule has 1 aliphatic rings. The average molecular weight is 225 g/mol. The van der Waals surface area contributed by atoms with Gasteiger partial charge in [-0.05, 0) is 13.0 Å². The number of morpholine rings is 1. The van der Waals surface area contributed by atoms with Gasteiger partial charge in [-0.25, -0.2) is 4.39 Å². The van der Waals surface area contributed by atoms with Crippen LogP contribution in [0.4, 0.5) is 4.39 Å². The first-order valence-corrected chi connectivity index (χ1v) is 5.48. The van der Waals surface area contributed by atoms with Crippen LogP contribution in [0.5, 0.6) is 5.75 Å². The first-order valence-electron chi connectivity index (χ1n) is 5.48. The Kier molecular flexibility index (Phi) is 3.41. The lowest BCUT2D eigenvalue weighted by atomic mass is 10.1. The molecular formula is C12H16FNO2. The standard InChI is InChI=1S/C12H16FNO2/c1-9(14-4-6-16-7-5-14)11-3-2-10(15)8-12(11)13/h2-3,8-9,15H,4-7H2,1H3. The summed E-state index contributed by atoms with van der Waals surface area (Å²) in [7, 11) is 0. The van der Waals surface area contributed by atoms with Gasteiger partial charge in [0.05, 0.1) is 13.2 Å². The molecule has 1 unspecified atom stereocenters. The Bertz CT molecular complexity index is 364. The van der Waals surface area contributed by atoms with Crippen molar-refractivity contribution in [3.8, 4) is 5.75 Å². The van der Waals surface area contributed by atoms with Gasteiger partial charge >= 0.3 is 0 Å². The molecule has 1 atom stereocenters. The molecular weight excluding hydrogens is 209 g/mol. The van der Waals surface area contributed by atoms with Gasteiger partial charge in [-0.2, -0.15) is 0 Å². The van der Waals surface area contributed by atoms with Crippen molar-refractivity contribution >= 4 is 0 Å². The monoisotopic (exact) mass is 225 g/mol. The van der Waals surface area contributed by atoms with Crippen LogP contribution in [0.15, 0.2) is 18.2 Å². The fraction of sp³-hybridized carbons (Fsp3) is 0.500. The molecule has 1 aliphatic heterocycles. The van der Waals surface area contributed by atoms with Crippen molar-refractivity contribution in [2.45, 2.75) is 13.0 Å². The average Bonchev–Trinajstić information content (AvgIpc) is 2.29. The van der Waals surface area contributed by atoms with Crippen molar-refractivity contribution in [2.24, 2.45) is 0 Å². The fourth-order valence-corrected chi connectivity index (χ4v) is 2.02. The first-order chi connectivity index (χ1) is 7.68. The van der Waals surface area contributed by atoms with Crippen molar-refractivity contribution in [1.82, 2.24) is 4.90 Å². The molecule has 4 heteroatoms. The number of rotatable bonds is 2. The smallest absolute Gasteiger partial charge is 0.131 e. The molecule has 0 saturated carbocycles. The van der Waals surface area contributed by atoms with E-state index in [9.17, 15) is 4.39 Å². The van der Waals surface area contributed by atoms with Crippen LogP contribution in [0.1, 0.15) is 18.5 Å². The van der Waals surface area contributed by atoms with E-state index < -0.39 is 0 Å². The Morgan fingerprint density at radius 2 is 2.06 bits per heavy atom. The van der Waals surface area contributed by atoms with Crippen molar-refractivity contribution in [3.63, 3.8) is 0 Å². The van der Waals surface area contributed by atoms with Crippen LogP contribution in [0.25, 0.3) is 0 Å². The predicted molar refractivity (Wildman–Crippen MR) is 58.9 cm³/mol. The molecule has 0 spiro atoms. The Balaban J connectivity index is 2.15. The quantitative estimate of drug-likeness (QED) is 0.834. The maximum atomic E-state index is 13.6. The molecule has 1 saturated heterocycles. The molecule has 1 N–H and O–H groups in total. The maximum Gasteiger partial charge on any atom is 0.131 e. The summed E-state index contributed by atoms with van der Waals surface area (Å²) in [6.07, 6.45) is 0. The Morgan fingerprint density at radius 3 is 2.69 bits per heavy atom. The third kappa shape index (κ3) is 2.33. The molecule has 3 nitrogen and oxygen atoms in total. The SMILES string of the molecule is CC(c1ccc(O)cc1F)N1CCOCC1. The normalized spacial score (nSPS) is 19.6. The Labute approximate surface area is 94.4 Å². The van der Waals surface area contributed by atoms with E-state index in [0.29, 0.717) is 18.8 Å². The van der Waals surface area contributed by atoms with Gasteiger partial charge in [0, 0.05) is 30.8 Å². The summed E-state index contributed by atoms with van der Waals surface area (Å²) < 4.78 is 18.9. The zero-order valence-electron chi connectivity index (χ0n) is 9.32. The molecule has 16 heavy (non-hydrogen) atoms. The van der Waals surface area contributed by atoms with Crippen LogP contribution in [-0.2, 0) is 4.74 Å². The molecule has 1 aromatic rings. The minimum Gasteiger partial charge on any atom is -0.508 e. The fourth-order valence-electron chi connectivity index (χ4n) is 2.02. The third-order valence-electron chi connectivity index (χ3n) is 3.03. The number of hydrogen-bond acceptors (Lipinski definition) is 3. The van der Waals surface area contributed by atoms with Gasteiger partial charge in [0.2, 0.25) is 0 Å². The van der Waals surface area contributed by atoms with Crippen LogP contribution in [-0.4, -0.2) is 36.3 Å². The second-order valence-corrected chi connectivity index (χ2v) is 4.03. The van der Waals surface area contributed by atoms with Gasteiger partial charge in [-0.15, -0.1) is 0 Å². The molecule has 1 aromatic carbocycles. The van der Waals surface area contributed by atoms with Gasteiger partial charge < -0.3 is 9.84 Å². The van der Waals surface area contributed by atoms with E-state index in [-0.39, 0.29) is 17.6 Å². The van der Waals surface area contributed by atoms with Gasteiger partial charge in [0.15, 0.2) is 0 Å². The highest BCUT2D eigenvalue weighted by molar-refractivity contribution is 5.29. The molecule has 0 bridgehead atoms. The molecule has 1 fully saturated rings. The highest BCUT2D eigenvalue weighted by Gasteiger charge is 2.20. The lowest BCUT2D eigenvalue weighted by Gasteiger charge is -2.32. The number of aromatic hydroxyl groups is 1. The second-order valence-electron chi connectivity index (χ2n) is 4.03. The number of hydrogen-bond donors (Lipinski definition) is 1. The Hall–Kier alpha value is -1.13. The van der Waals surface area contributed by atoms with Crippen LogP contribution in [0.3, 0.4) is 0 Å². The molecule has 0 aromatic heterocycles. The summed E-state index contributed by atoms with van der Waals surface area (Å²) in [6.45, 7) is 5.01. The summed E-state index contributed by atoms with van der Waals surface area (Å²) in [4.78, 5) is 2.18. The number of ether oxygens (including phenoxy) is 1. The summed E-state index contributed by atoms with van der Waals surface area (Å²) >= 11 is 0. The molecule has 0 radical (unpaired) electrons. The van der Waals surface area contributed by atoms with Gasteiger partial charge in [-0.1, -0.05) is 6.07 Å². The van der Waals surface area contributed by atoms with Crippen molar-refractivity contribution in [3.05, 3.63) is 29.6 Å². The number of phenolic OH excluding ortho intramolecular Hbond substituents is 1. The number of phenols is 1. The van der Waals surface area contributed by atoms with Crippen LogP contribution >= 0.6 is 0 Å². The number of halogens is 1. The van der Waals surface area contributed by atoms with Crippen LogP contribution in [0, 0.1) is 5.82 Å². The zero-order chi connectivity index (χ0) is 11.5. The number of nitrogens with zero attached hydrogens (tertiary/aromatic N) is 1. The van der Waals surface area contributed by atoms with E-state index in [4.69, 9.17) is 9.84 Å². The van der Waals surface area contributed by atoms with E-state index >= 15 is 0 Å². The highest BCUT2D eigenvalue weighted by atomic mass is 19.1. The van der Waals surface area contributed by atoms with Gasteiger partial charge in [0.1, 0.15) is 11.6 Å². The first kappa shape index (κ1) is 11.4. The largest absolute Gasteiger partial charge is 0.508 e. The van der Waals surface area contributed by atoms with Crippen molar-refractivity contribution in [1.29, 1.82) is 0 Å². The van der Waals surface area contributed by atoms with Crippen molar-refractivity contribution < 1.29 is 14.2 Å². The molecule has 0 aliphatic carbocycles. The Morgan fingerprint density at radius 1 is 1.38 bits per heavy atom. The molecule has 88 valence electrons. The van der Waals surface area contributed by atoms with Crippen LogP contribution in [0.2, 0.25) is 0 Å². The number of benzene rings is 1. The van der Waals surface area contributed by atoms with E-state index in [0.717, 1.165) is 19.2 Å². The summed E-state index contributed by atoms with van der Waals surface area (Å²) in [5, 5.41) is 9.16. The van der Waals surface area contributed by atoms with Gasteiger partial charge in [0.25, 0.3) is 0 Å². The minimum atomic E-state index is -0.348. The second kappa shape index (κ2) is 4.80. The minimum absolute atomic E-state index is 0.0181. The molecule has 1 heterocycles. The maximum absolute atomic E-state index is 13.6. The molecule has 0 amide bonds. The highest BCUT2D eigenvalue weighted by Crippen LogP contribution is 2.25. The van der Waals surface area contributed by atoms with E-state index in [2.05, 4.69) is 4.90 Å². The topological polar surface area (TPSA) is 32.7 Å². The summed E-state index contributed by atoms with van der Waals surface area (Å²) in [5.41, 5.74) is 0.625. The predicted octanol–water partition coefficient (Wildman–Crippen LogP) is 1.92. The van der Waals surface area contributed by atoms with E-state index in [1.807, 2.05) is 6.92 Å². The molecule has 2 rings (SSSR count). The summed E-state index contributed by atoms with van der Waals surface area (Å²) in [5.74, 6) is -0.380. The van der Waals surface area contributed by atoms with Gasteiger partial charge in [-0.3, -0.25) is 4.90 Å². The van der Waals surface area contributed by atoms with E-state index in [1.165, 1.54) is 6.07 Å². The lowest BCUT2D eigenvalue weighted by Crippen LogP contribution is -2.38. The summed E-state index contributed by atoms with van der Waals surface area (Å²) in [6, 6.07) is 4.34. The van der Waals surface area contributed by atoms with Crippen LogP contribution < -0.4 is 0 Å².